The summed E-state index contributed by atoms with van der Waals surface area (Å²) in [5.74, 6) is 0.793. The minimum absolute atomic E-state index is 0.0363. The molecule has 3 aliphatic rings. The van der Waals surface area contributed by atoms with Crippen LogP contribution < -0.4 is 11.1 Å². The largest absolute Gasteiger partial charge is 0.366 e. The van der Waals surface area contributed by atoms with Gasteiger partial charge in [0.15, 0.2) is 0 Å². The molecular formula is C16H19BrN2O2. The summed E-state index contributed by atoms with van der Waals surface area (Å²) in [5, 5.41) is 2.91. The molecule has 0 aliphatic heterocycles. The number of anilines is 1. The van der Waals surface area contributed by atoms with E-state index in [0.29, 0.717) is 23.1 Å². The number of carbonyl (C=O) groups excluding carboxylic acids is 2. The predicted molar refractivity (Wildman–Crippen MR) is 84.8 cm³/mol. The summed E-state index contributed by atoms with van der Waals surface area (Å²) in [6.45, 7) is 0. The maximum Gasteiger partial charge on any atom is 0.250 e. The monoisotopic (exact) mass is 350 g/mol. The van der Waals surface area contributed by atoms with Crippen LogP contribution in [0.5, 0.6) is 0 Å². The van der Waals surface area contributed by atoms with Crippen molar-refractivity contribution in [2.24, 2.45) is 23.5 Å². The van der Waals surface area contributed by atoms with Crippen molar-refractivity contribution in [3.63, 3.8) is 0 Å². The van der Waals surface area contributed by atoms with Crippen LogP contribution in [0.15, 0.2) is 22.7 Å². The third-order valence-corrected chi connectivity index (χ3v) is 5.38. The van der Waals surface area contributed by atoms with Gasteiger partial charge in [0, 0.05) is 10.4 Å². The fraction of sp³-hybridized carbons (Fsp3) is 0.500. The molecule has 3 N–H and O–H groups in total. The van der Waals surface area contributed by atoms with Crippen LogP contribution >= 0.6 is 15.9 Å². The van der Waals surface area contributed by atoms with Crippen LogP contribution in [0.1, 0.15) is 42.5 Å². The molecule has 0 saturated heterocycles. The van der Waals surface area contributed by atoms with E-state index >= 15 is 0 Å². The van der Waals surface area contributed by atoms with Gasteiger partial charge in [0.1, 0.15) is 0 Å². The van der Waals surface area contributed by atoms with Crippen molar-refractivity contribution in [1.82, 2.24) is 0 Å². The lowest BCUT2D eigenvalue weighted by molar-refractivity contribution is -0.124. The SMILES string of the molecule is NC(=O)c1cc(Br)ccc1NC(=O)C1CC2CCC1CC2. The van der Waals surface area contributed by atoms with Crippen molar-refractivity contribution < 1.29 is 9.59 Å². The second-order valence-corrected chi connectivity index (χ2v) is 7.08. The standard InChI is InChI=1S/C16H19BrN2O2/c17-11-5-6-14(13(8-11)15(18)20)19-16(21)12-7-9-1-3-10(12)4-2-9/h5-6,8-10,12H,1-4,7H2,(H2,18,20)(H,19,21). The van der Waals surface area contributed by atoms with Gasteiger partial charge >= 0.3 is 0 Å². The van der Waals surface area contributed by atoms with Gasteiger partial charge in [0.05, 0.1) is 11.3 Å². The van der Waals surface area contributed by atoms with Gasteiger partial charge in [0.25, 0.3) is 5.91 Å². The zero-order chi connectivity index (χ0) is 15.0. The van der Waals surface area contributed by atoms with Crippen molar-refractivity contribution in [2.45, 2.75) is 32.1 Å². The smallest absolute Gasteiger partial charge is 0.250 e. The molecule has 1 aromatic rings. The first kappa shape index (κ1) is 14.6. The molecule has 1 atom stereocenters. The van der Waals surface area contributed by atoms with Crippen molar-refractivity contribution in [1.29, 1.82) is 0 Å². The Labute approximate surface area is 132 Å². The fourth-order valence-corrected chi connectivity index (χ4v) is 4.11. The molecule has 4 nitrogen and oxygen atoms in total. The van der Waals surface area contributed by atoms with Gasteiger partial charge in [-0.2, -0.15) is 0 Å². The molecule has 3 aliphatic carbocycles. The Bertz CT molecular complexity index is 580. The Hall–Kier alpha value is -1.36. The number of nitrogens with one attached hydrogen (secondary N) is 1. The molecule has 21 heavy (non-hydrogen) atoms. The minimum Gasteiger partial charge on any atom is -0.366 e. The van der Waals surface area contributed by atoms with Gasteiger partial charge < -0.3 is 11.1 Å². The van der Waals surface area contributed by atoms with Crippen LogP contribution in [-0.2, 0) is 4.79 Å². The highest BCUT2D eigenvalue weighted by Gasteiger charge is 2.39. The lowest BCUT2D eigenvalue weighted by Crippen LogP contribution is -2.39. The van der Waals surface area contributed by atoms with Crippen LogP contribution in [0.3, 0.4) is 0 Å². The summed E-state index contributed by atoms with van der Waals surface area (Å²) in [6, 6.07) is 5.17. The number of carbonyl (C=O) groups is 2. The first-order valence-electron chi connectivity index (χ1n) is 7.45. The lowest BCUT2D eigenvalue weighted by atomic mass is 9.64. The van der Waals surface area contributed by atoms with E-state index in [1.165, 1.54) is 12.8 Å². The van der Waals surface area contributed by atoms with Crippen molar-refractivity contribution >= 4 is 33.4 Å². The third-order valence-electron chi connectivity index (χ3n) is 4.89. The average molecular weight is 351 g/mol. The van der Waals surface area contributed by atoms with E-state index in [1.807, 2.05) is 0 Å². The summed E-state index contributed by atoms with van der Waals surface area (Å²) < 4.78 is 0.769. The number of rotatable bonds is 3. The highest BCUT2D eigenvalue weighted by atomic mass is 79.9. The van der Waals surface area contributed by atoms with E-state index in [2.05, 4.69) is 21.2 Å². The Morgan fingerprint density at radius 3 is 2.48 bits per heavy atom. The number of amides is 2. The fourth-order valence-electron chi connectivity index (χ4n) is 3.75. The molecule has 0 heterocycles. The van der Waals surface area contributed by atoms with Crippen LogP contribution in [0.4, 0.5) is 5.69 Å². The molecule has 2 amide bonds. The normalized spacial score (nSPS) is 27.4. The van der Waals surface area contributed by atoms with Gasteiger partial charge in [0.2, 0.25) is 5.91 Å². The third kappa shape index (κ3) is 2.98. The summed E-state index contributed by atoms with van der Waals surface area (Å²) >= 11 is 3.31. The number of benzene rings is 1. The highest BCUT2D eigenvalue weighted by molar-refractivity contribution is 9.10. The average Bonchev–Trinajstić information content (AvgIpc) is 2.50. The number of fused-ring (bicyclic) bond motifs is 3. The number of primary amides is 1. The van der Waals surface area contributed by atoms with Gasteiger partial charge in [-0.05, 0) is 49.3 Å². The number of halogens is 1. The van der Waals surface area contributed by atoms with Crippen molar-refractivity contribution in [3.8, 4) is 0 Å². The van der Waals surface area contributed by atoms with E-state index in [1.54, 1.807) is 18.2 Å². The first-order chi connectivity index (χ1) is 10.0. The first-order valence-corrected chi connectivity index (χ1v) is 8.24. The zero-order valence-electron chi connectivity index (χ0n) is 11.8. The molecule has 5 heteroatoms. The Morgan fingerprint density at radius 2 is 1.90 bits per heavy atom. The number of hydrogen-bond donors (Lipinski definition) is 2. The summed E-state index contributed by atoms with van der Waals surface area (Å²) in [7, 11) is 0. The zero-order valence-corrected chi connectivity index (χ0v) is 13.4. The quantitative estimate of drug-likeness (QED) is 0.877. The maximum atomic E-state index is 12.5. The van der Waals surface area contributed by atoms with Gasteiger partial charge in [-0.15, -0.1) is 0 Å². The van der Waals surface area contributed by atoms with Crippen LogP contribution in [-0.4, -0.2) is 11.8 Å². The molecule has 0 radical (unpaired) electrons. The maximum absolute atomic E-state index is 12.5. The second-order valence-electron chi connectivity index (χ2n) is 6.17. The predicted octanol–water partition coefficient (Wildman–Crippen LogP) is 3.31. The number of hydrogen-bond acceptors (Lipinski definition) is 2. The van der Waals surface area contributed by atoms with E-state index < -0.39 is 5.91 Å². The van der Waals surface area contributed by atoms with E-state index in [9.17, 15) is 9.59 Å². The molecule has 3 saturated carbocycles. The second kappa shape index (κ2) is 5.79. The van der Waals surface area contributed by atoms with Crippen LogP contribution in [0.25, 0.3) is 0 Å². The minimum atomic E-state index is -0.531. The lowest BCUT2D eigenvalue weighted by Gasteiger charge is -2.41. The molecule has 0 spiro atoms. The van der Waals surface area contributed by atoms with Crippen LogP contribution in [0, 0.1) is 17.8 Å². The molecule has 112 valence electrons. The highest BCUT2D eigenvalue weighted by Crippen LogP contribution is 2.45. The van der Waals surface area contributed by atoms with Gasteiger partial charge in [-0.25, -0.2) is 0 Å². The molecular weight excluding hydrogens is 332 g/mol. The molecule has 3 fully saturated rings. The number of nitrogens with two attached hydrogens (primary N) is 1. The van der Waals surface area contributed by atoms with Crippen molar-refractivity contribution in [2.75, 3.05) is 5.32 Å². The van der Waals surface area contributed by atoms with E-state index in [-0.39, 0.29) is 11.8 Å². The van der Waals surface area contributed by atoms with E-state index in [0.717, 1.165) is 23.7 Å². The van der Waals surface area contributed by atoms with E-state index in [4.69, 9.17) is 5.73 Å². The van der Waals surface area contributed by atoms with Crippen molar-refractivity contribution in [3.05, 3.63) is 28.2 Å². The molecule has 4 rings (SSSR count). The Kier molecular flexibility index (Phi) is 4.02. The molecule has 1 unspecified atom stereocenters. The Morgan fingerprint density at radius 1 is 1.19 bits per heavy atom. The molecule has 1 aromatic carbocycles. The summed E-state index contributed by atoms with van der Waals surface area (Å²) in [5.41, 5.74) is 6.24. The Balaban J connectivity index is 1.77. The van der Waals surface area contributed by atoms with Crippen LogP contribution in [0.2, 0.25) is 0 Å². The van der Waals surface area contributed by atoms with Gasteiger partial charge in [-0.3, -0.25) is 9.59 Å². The summed E-state index contributed by atoms with van der Waals surface area (Å²) in [6.07, 6.45) is 5.83. The summed E-state index contributed by atoms with van der Waals surface area (Å²) in [4.78, 5) is 24.1. The topological polar surface area (TPSA) is 72.2 Å². The molecule has 2 bridgehead atoms. The molecule has 0 aromatic heterocycles. The van der Waals surface area contributed by atoms with Gasteiger partial charge in [-0.1, -0.05) is 28.8 Å².